The molecule has 0 amide bonds. The van der Waals surface area contributed by atoms with E-state index in [1.54, 1.807) is 13.2 Å². The minimum atomic E-state index is -0.303. The van der Waals surface area contributed by atoms with Gasteiger partial charge in [-0.3, -0.25) is 9.36 Å². The summed E-state index contributed by atoms with van der Waals surface area (Å²) in [6.45, 7) is 1.28. The number of para-hydroxylation sites is 1. The second-order valence-electron chi connectivity index (χ2n) is 6.05. The van der Waals surface area contributed by atoms with Gasteiger partial charge in [0.25, 0.3) is 5.56 Å². The smallest absolute Gasteiger partial charge is 0.330 e. The van der Waals surface area contributed by atoms with Gasteiger partial charge in [0.15, 0.2) is 0 Å². The van der Waals surface area contributed by atoms with Crippen molar-refractivity contribution in [3.63, 3.8) is 0 Å². The first kappa shape index (κ1) is 16.3. The number of hydrogen-bond donors (Lipinski definition) is 2. The lowest BCUT2D eigenvalue weighted by molar-refractivity contribution is 0.615. The topological polar surface area (TPSA) is 71.8 Å². The molecule has 0 spiro atoms. The number of hydrogen-bond acceptors (Lipinski definition) is 3. The molecule has 2 heterocycles. The van der Waals surface area contributed by atoms with Crippen LogP contribution in [0.5, 0.6) is 0 Å². The Labute approximate surface area is 139 Å². The van der Waals surface area contributed by atoms with Crippen LogP contribution in [0, 0.1) is 0 Å². The van der Waals surface area contributed by atoms with Gasteiger partial charge in [0, 0.05) is 49.5 Å². The fraction of sp³-hybridized carbons (Fsp3) is 0.333. The van der Waals surface area contributed by atoms with Gasteiger partial charge >= 0.3 is 5.69 Å². The van der Waals surface area contributed by atoms with Gasteiger partial charge in [0.1, 0.15) is 0 Å². The summed E-state index contributed by atoms with van der Waals surface area (Å²) in [6.07, 6.45) is 5.63. The number of fused-ring (bicyclic) bond motifs is 1. The molecule has 2 N–H and O–H groups in total. The summed E-state index contributed by atoms with van der Waals surface area (Å²) in [4.78, 5) is 27.0. The van der Waals surface area contributed by atoms with E-state index in [0.717, 1.165) is 29.5 Å². The van der Waals surface area contributed by atoms with Crippen LogP contribution in [0.3, 0.4) is 0 Å². The zero-order chi connectivity index (χ0) is 17.1. The third kappa shape index (κ3) is 3.19. The summed E-state index contributed by atoms with van der Waals surface area (Å²) < 4.78 is 2.58. The predicted octanol–water partition coefficient (Wildman–Crippen LogP) is 1.29. The van der Waals surface area contributed by atoms with Crippen molar-refractivity contribution in [3.8, 4) is 0 Å². The molecule has 126 valence electrons. The molecule has 24 heavy (non-hydrogen) atoms. The molecular formula is C18H22N4O2. The Hall–Kier alpha value is -2.60. The van der Waals surface area contributed by atoms with E-state index in [4.69, 9.17) is 0 Å². The lowest BCUT2D eigenvalue weighted by Crippen LogP contribution is -2.39. The summed E-state index contributed by atoms with van der Waals surface area (Å²) >= 11 is 0. The summed E-state index contributed by atoms with van der Waals surface area (Å²) in [6, 6.07) is 8.28. The van der Waals surface area contributed by atoms with Crippen molar-refractivity contribution in [1.29, 1.82) is 0 Å². The van der Waals surface area contributed by atoms with Crippen LogP contribution in [0.4, 0.5) is 0 Å². The molecule has 0 aliphatic heterocycles. The van der Waals surface area contributed by atoms with E-state index in [1.165, 1.54) is 22.6 Å². The largest absolute Gasteiger partial charge is 0.361 e. The fourth-order valence-electron chi connectivity index (χ4n) is 2.97. The number of nitrogens with zero attached hydrogens (tertiary/aromatic N) is 2. The molecule has 0 atom stereocenters. The van der Waals surface area contributed by atoms with Crippen LogP contribution in [-0.4, -0.2) is 20.7 Å². The van der Waals surface area contributed by atoms with Gasteiger partial charge in [0.2, 0.25) is 0 Å². The van der Waals surface area contributed by atoms with E-state index in [1.807, 2.05) is 12.1 Å². The Morgan fingerprint density at radius 1 is 1.12 bits per heavy atom. The normalized spacial score (nSPS) is 11.2. The molecular weight excluding hydrogens is 304 g/mol. The van der Waals surface area contributed by atoms with Crippen molar-refractivity contribution in [1.82, 2.24) is 19.4 Å². The molecule has 6 nitrogen and oxygen atoms in total. The molecule has 3 aromatic rings. The van der Waals surface area contributed by atoms with Crippen LogP contribution >= 0.6 is 0 Å². The molecule has 0 bridgehead atoms. The maximum absolute atomic E-state index is 12.0. The zero-order valence-electron chi connectivity index (χ0n) is 14.0. The second kappa shape index (κ2) is 6.88. The zero-order valence-corrected chi connectivity index (χ0v) is 14.0. The van der Waals surface area contributed by atoms with E-state index in [0.29, 0.717) is 12.1 Å². The van der Waals surface area contributed by atoms with Crippen LogP contribution in [0.1, 0.15) is 17.5 Å². The highest BCUT2D eigenvalue weighted by molar-refractivity contribution is 5.82. The van der Waals surface area contributed by atoms with Crippen LogP contribution in [0.2, 0.25) is 0 Å². The molecule has 0 aliphatic carbocycles. The van der Waals surface area contributed by atoms with Gasteiger partial charge in [-0.15, -0.1) is 0 Å². The molecule has 1 aromatic carbocycles. The SMILES string of the molecule is Cn1cc(CNCCCc2c[nH]c3ccccc23)c(=O)n(C)c1=O. The van der Waals surface area contributed by atoms with Crippen LogP contribution in [0.25, 0.3) is 10.9 Å². The Kier molecular flexibility index (Phi) is 4.66. The number of aryl methyl sites for hydroxylation is 2. The van der Waals surface area contributed by atoms with Gasteiger partial charge in [-0.05, 0) is 31.0 Å². The van der Waals surface area contributed by atoms with Crippen LogP contribution in [0.15, 0.2) is 46.2 Å². The minimum absolute atomic E-state index is 0.234. The molecule has 2 aromatic heterocycles. The maximum Gasteiger partial charge on any atom is 0.330 e. The standard InChI is InChI=1S/C18H22N4O2/c1-21-12-14(17(23)22(2)18(21)24)10-19-9-5-6-13-11-20-16-8-4-3-7-15(13)16/h3-4,7-8,11-12,19-20H,5-6,9-10H2,1-2H3. The molecule has 0 aliphatic rings. The molecule has 0 unspecified atom stereocenters. The summed E-state index contributed by atoms with van der Waals surface area (Å²) in [7, 11) is 3.16. The highest BCUT2D eigenvalue weighted by Crippen LogP contribution is 2.18. The summed E-state index contributed by atoms with van der Waals surface area (Å²) in [5, 5.41) is 4.56. The van der Waals surface area contributed by atoms with E-state index in [-0.39, 0.29) is 11.2 Å². The number of nitrogens with one attached hydrogen (secondary N) is 2. The van der Waals surface area contributed by atoms with E-state index in [9.17, 15) is 9.59 Å². The average Bonchev–Trinajstić information content (AvgIpc) is 3.00. The van der Waals surface area contributed by atoms with E-state index >= 15 is 0 Å². The van der Waals surface area contributed by atoms with E-state index < -0.39 is 0 Å². The Morgan fingerprint density at radius 3 is 2.75 bits per heavy atom. The van der Waals surface area contributed by atoms with Gasteiger partial charge in [-0.1, -0.05) is 18.2 Å². The number of benzene rings is 1. The average molecular weight is 326 g/mol. The van der Waals surface area contributed by atoms with Gasteiger partial charge < -0.3 is 14.9 Å². The van der Waals surface area contributed by atoms with Crippen molar-refractivity contribution < 1.29 is 0 Å². The summed E-state index contributed by atoms with van der Waals surface area (Å²) in [5.41, 5.74) is 2.54. The van der Waals surface area contributed by atoms with Gasteiger partial charge in [-0.2, -0.15) is 0 Å². The Bertz CT molecular complexity index is 965. The monoisotopic (exact) mass is 326 g/mol. The predicted molar refractivity (Wildman–Crippen MR) is 95.3 cm³/mol. The fourth-order valence-corrected chi connectivity index (χ4v) is 2.97. The third-order valence-corrected chi connectivity index (χ3v) is 4.31. The van der Waals surface area contributed by atoms with Crippen LogP contribution in [-0.2, 0) is 27.1 Å². The number of aromatic amines is 1. The van der Waals surface area contributed by atoms with Crippen molar-refractivity contribution >= 4 is 10.9 Å². The highest BCUT2D eigenvalue weighted by atomic mass is 16.2. The van der Waals surface area contributed by atoms with Crippen LogP contribution < -0.4 is 16.6 Å². The highest BCUT2D eigenvalue weighted by Gasteiger charge is 2.06. The molecule has 0 radical (unpaired) electrons. The second-order valence-corrected chi connectivity index (χ2v) is 6.05. The van der Waals surface area contributed by atoms with Gasteiger partial charge in [-0.25, -0.2) is 4.79 Å². The van der Waals surface area contributed by atoms with Crippen molar-refractivity contribution in [2.24, 2.45) is 14.1 Å². The number of rotatable bonds is 6. The number of aromatic nitrogens is 3. The maximum atomic E-state index is 12.0. The first-order chi connectivity index (χ1) is 11.6. The Morgan fingerprint density at radius 2 is 1.92 bits per heavy atom. The lowest BCUT2D eigenvalue weighted by Gasteiger charge is -2.08. The third-order valence-electron chi connectivity index (χ3n) is 4.31. The summed E-state index contributed by atoms with van der Waals surface area (Å²) in [5.74, 6) is 0. The minimum Gasteiger partial charge on any atom is -0.361 e. The number of H-pyrrole nitrogens is 1. The van der Waals surface area contributed by atoms with Crippen molar-refractivity contribution in [2.45, 2.75) is 19.4 Å². The molecule has 0 saturated carbocycles. The molecule has 3 rings (SSSR count). The first-order valence-electron chi connectivity index (χ1n) is 8.09. The van der Waals surface area contributed by atoms with Gasteiger partial charge in [0.05, 0.1) is 0 Å². The quantitative estimate of drug-likeness (QED) is 0.671. The molecule has 0 fully saturated rings. The van der Waals surface area contributed by atoms with Crippen molar-refractivity contribution in [3.05, 3.63) is 68.6 Å². The van der Waals surface area contributed by atoms with E-state index in [2.05, 4.69) is 28.6 Å². The Balaban J connectivity index is 1.55. The molecule has 6 heteroatoms. The lowest BCUT2D eigenvalue weighted by atomic mass is 10.1. The molecule has 0 saturated heterocycles. The first-order valence-corrected chi connectivity index (χ1v) is 8.09. The van der Waals surface area contributed by atoms with Crippen molar-refractivity contribution in [2.75, 3.05) is 6.54 Å².